The van der Waals surface area contributed by atoms with Crippen molar-refractivity contribution in [3.63, 3.8) is 0 Å². The smallest absolute Gasteiger partial charge is 0.330 e. The molecule has 4 amide bonds. The third-order valence-electron chi connectivity index (χ3n) is 5.04. The van der Waals surface area contributed by atoms with E-state index in [-0.39, 0.29) is 29.8 Å². The topological polar surface area (TPSA) is 86.8 Å². The number of halogens is 3. The fraction of sp³-hybridized carbons (Fsp3) is 0.217. The number of benzene rings is 2. The minimum atomic E-state index is -4.65. The molecule has 10 heteroatoms. The van der Waals surface area contributed by atoms with Gasteiger partial charge < -0.3 is 10.2 Å². The van der Waals surface area contributed by atoms with Gasteiger partial charge in [0.15, 0.2) is 0 Å². The van der Waals surface area contributed by atoms with Crippen LogP contribution in [-0.2, 0) is 11.0 Å². The van der Waals surface area contributed by atoms with Crippen LogP contribution >= 0.6 is 0 Å². The second-order valence-electron chi connectivity index (χ2n) is 7.18. The van der Waals surface area contributed by atoms with E-state index in [9.17, 15) is 32.3 Å². The maximum atomic E-state index is 13.1. The van der Waals surface area contributed by atoms with Crippen LogP contribution in [0.3, 0.4) is 0 Å². The highest BCUT2D eigenvalue weighted by Gasteiger charge is 2.36. The molecule has 0 aliphatic carbocycles. The van der Waals surface area contributed by atoms with Crippen molar-refractivity contribution in [1.82, 2.24) is 9.80 Å². The summed E-state index contributed by atoms with van der Waals surface area (Å²) in [6.07, 6.45) is -3.25. The Morgan fingerprint density at radius 1 is 1.09 bits per heavy atom. The first-order valence-electron chi connectivity index (χ1n) is 9.95. The van der Waals surface area contributed by atoms with Gasteiger partial charge in [-0.1, -0.05) is 18.2 Å². The highest BCUT2D eigenvalue weighted by molar-refractivity contribution is 6.22. The Balaban J connectivity index is 1.77. The number of alkyl halides is 3. The van der Waals surface area contributed by atoms with E-state index in [0.717, 1.165) is 21.9 Å². The summed E-state index contributed by atoms with van der Waals surface area (Å²) in [6, 6.07) is 8.53. The largest absolute Gasteiger partial charge is 0.418 e. The van der Waals surface area contributed by atoms with E-state index >= 15 is 0 Å². The Morgan fingerprint density at radius 3 is 2.39 bits per heavy atom. The molecule has 1 aliphatic heterocycles. The SMILES string of the molecule is C=CCN1C(=O)c2ccc(C(=O)N(CC)CC(=O)Nc3ccccc3C(F)(F)F)cc2C1=O. The van der Waals surface area contributed by atoms with Crippen LogP contribution in [0.4, 0.5) is 18.9 Å². The Bertz CT molecular complexity index is 1140. The standard InChI is InChI=1S/C23H20F3N3O4/c1-3-11-29-21(32)15-10-9-14(12-16(15)22(29)33)20(31)28(4-2)13-19(30)27-18-8-6-5-7-17(18)23(24,25)26/h3,5-10,12H,1,4,11,13H2,2H3,(H,27,30). The van der Waals surface area contributed by atoms with Gasteiger partial charge in [-0.3, -0.25) is 24.1 Å². The lowest BCUT2D eigenvalue weighted by Crippen LogP contribution is -2.38. The number of fused-ring (bicyclic) bond motifs is 1. The second-order valence-corrected chi connectivity index (χ2v) is 7.18. The van der Waals surface area contributed by atoms with Crippen molar-refractivity contribution in [2.45, 2.75) is 13.1 Å². The van der Waals surface area contributed by atoms with Crippen LogP contribution in [0.5, 0.6) is 0 Å². The van der Waals surface area contributed by atoms with Crippen molar-refractivity contribution in [1.29, 1.82) is 0 Å². The first kappa shape index (κ1) is 23.7. The number of carbonyl (C=O) groups excluding carboxylic acids is 4. The van der Waals surface area contributed by atoms with Gasteiger partial charge in [0.05, 0.1) is 22.4 Å². The van der Waals surface area contributed by atoms with Crippen LogP contribution in [0.2, 0.25) is 0 Å². The van der Waals surface area contributed by atoms with Gasteiger partial charge in [0, 0.05) is 18.7 Å². The minimum Gasteiger partial charge on any atom is -0.330 e. The maximum absolute atomic E-state index is 13.1. The second kappa shape index (κ2) is 9.27. The molecule has 0 saturated heterocycles. The Labute approximate surface area is 187 Å². The van der Waals surface area contributed by atoms with Crippen molar-refractivity contribution < 1.29 is 32.3 Å². The maximum Gasteiger partial charge on any atom is 0.418 e. The molecule has 0 spiro atoms. The Hall–Kier alpha value is -3.95. The van der Waals surface area contributed by atoms with Crippen LogP contribution in [0.15, 0.2) is 55.1 Å². The number of amides is 4. The van der Waals surface area contributed by atoms with Crippen molar-refractivity contribution in [2.24, 2.45) is 0 Å². The van der Waals surface area contributed by atoms with E-state index in [0.29, 0.717) is 0 Å². The average molecular weight is 459 g/mol. The predicted octanol–water partition coefficient (Wildman–Crippen LogP) is 3.59. The monoisotopic (exact) mass is 459 g/mol. The fourth-order valence-electron chi connectivity index (χ4n) is 3.43. The highest BCUT2D eigenvalue weighted by atomic mass is 19.4. The summed E-state index contributed by atoms with van der Waals surface area (Å²) in [6.45, 7) is 4.71. The normalized spacial score (nSPS) is 13.0. The van der Waals surface area contributed by atoms with Crippen LogP contribution in [0, 0.1) is 0 Å². The number of carbonyl (C=O) groups is 4. The van der Waals surface area contributed by atoms with E-state index in [2.05, 4.69) is 11.9 Å². The van der Waals surface area contributed by atoms with Crippen molar-refractivity contribution >= 4 is 29.3 Å². The first-order chi connectivity index (χ1) is 15.6. The average Bonchev–Trinajstić information content (AvgIpc) is 3.01. The first-order valence-corrected chi connectivity index (χ1v) is 9.95. The van der Waals surface area contributed by atoms with Crippen molar-refractivity contribution in [2.75, 3.05) is 25.0 Å². The van der Waals surface area contributed by atoms with Crippen LogP contribution < -0.4 is 5.32 Å². The minimum absolute atomic E-state index is 0.0241. The number of imide groups is 1. The molecule has 0 radical (unpaired) electrons. The Morgan fingerprint density at radius 2 is 1.76 bits per heavy atom. The lowest BCUT2D eigenvalue weighted by Gasteiger charge is -2.21. The molecular weight excluding hydrogens is 439 g/mol. The molecule has 0 bridgehead atoms. The lowest BCUT2D eigenvalue weighted by molar-refractivity contribution is -0.137. The van der Waals surface area contributed by atoms with E-state index in [1.165, 1.54) is 36.4 Å². The fourth-order valence-corrected chi connectivity index (χ4v) is 3.43. The summed E-state index contributed by atoms with van der Waals surface area (Å²) in [5.41, 5.74) is -1.13. The molecule has 3 rings (SSSR count). The molecule has 172 valence electrons. The van der Waals surface area contributed by atoms with Gasteiger partial charge >= 0.3 is 6.18 Å². The summed E-state index contributed by atoms with van der Waals surface area (Å²) in [5, 5.41) is 2.19. The van der Waals surface area contributed by atoms with Crippen molar-refractivity contribution in [3.05, 3.63) is 77.4 Å². The van der Waals surface area contributed by atoms with Gasteiger partial charge in [0.2, 0.25) is 5.91 Å². The zero-order valence-electron chi connectivity index (χ0n) is 17.6. The molecule has 0 unspecified atom stereocenters. The number of hydrogen-bond acceptors (Lipinski definition) is 4. The third kappa shape index (κ3) is 4.79. The van der Waals surface area contributed by atoms with E-state index in [4.69, 9.17) is 0 Å². The third-order valence-corrected chi connectivity index (χ3v) is 5.04. The van der Waals surface area contributed by atoms with Crippen molar-refractivity contribution in [3.8, 4) is 0 Å². The van der Waals surface area contributed by atoms with E-state index in [1.54, 1.807) is 6.92 Å². The van der Waals surface area contributed by atoms with Crippen LogP contribution in [-0.4, -0.2) is 53.1 Å². The summed E-state index contributed by atoms with van der Waals surface area (Å²) in [5.74, 6) is -2.48. The molecule has 0 fully saturated rings. The van der Waals surface area contributed by atoms with Gasteiger partial charge in [-0.2, -0.15) is 13.2 Å². The number of likely N-dealkylation sites (N-methyl/N-ethyl adjacent to an activating group) is 1. The van der Waals surface area contributed by atoms with Crippen LogP contribution in [0.25, 0.3) is 0 Å². The molecule has 2 aromatic carbocycles. The molecular formula is C23H20F3N3O4. The molecule has 7 nitrogen and oxygen atoms in total. The molecule has 33 heavy (non-hydrogen) atoms. The van der Waals surface area contributed by atoms with Gasteiger partial charge in [-0.05, 0) is 37.3 Å². The van der Waals surface area contributed by atoms with E-state index < -0.39 is 47.6 Å². The summed E-state index contributed by atoms with van der Waals surface area (Å²) in [4.78, 5) is 52.2. The summed E-state index contributed by atoms with van der Waals surface area (Å²) < 4.78 is 39.4. The van der Waals surface area contributed by atoms with Gasteiger partial charge in [0.1, 0.15) is 6.54 Å². The lowest BCUT2D eigenvalue weighted by atomic mass is 10.0. The summed E-state index contributed by atoms with van der Waals surface area (Å²) >= 11 is 0. The molecule has 1 aliphatic rings. The zero-order chi connectivity index (χ0) is 24.3. The molecule has 1 N–H and O–H groups in total. The van der Waals surface area contributed by atoms with E-state index in [1.807, 2.05) is 0 Å². The molecule has 0 aromatic heterocycles. The molecule has 2 aromatic rings. The molecule has 1 heterocycles. The number of rotatable bonds is 7. The quantitative estimate of drug-likeness (QED) is 0.507. The zero-order valence-corrected chi connectivity index (χ0v) is 17.6. The molecule has 0 atom stereocenters. The Kier molecular flexibility index (Phi) is 6.66. The number of nitrogens with one attached hydrogen (secondary N) is 1. The van der Waals surface area contributed by atoms with Gasteiger partial charge in [-0.15, -0.1) is 6.58 Å². The molecule has 0 saturated carbocycles. The van der Waals surface area contributed by atoms with Gasteiger partial charge in [-0.25, -0.2) is 0 Å². The summed E-state index contributed by atoms with van der Waals surface area (Å²) in [7, 11) is 0. The predicted molar refractivity (Wildman–Crippen MR) is 114 cm³/mol. The highest BCUT2D eigenvalue weighted by Crippen LogP contribution is 2.34. The van der Waals surface area contributed by atoms with Crippen LogP contribution in [0.1, 0.15) is 43.6 Å². The number of hydrogen-bond donors (Lipinski definition) is 1. The number of para-hydroxylation sites is 1. The number of nitrogens with zero attached hydrogens (tertiary/aromatic N) is 2. The van der Waals surface area contributed by atoms with Gasteiger partial charge in [0.25, 0.3) is 17.7 Å². The number of anilines is 1.